The molecule has 0 aromatic carbocycles. The Labute approximate surface area is 81.1 Å². The van der Waals surface area contributed by atoms with Crippen LogP contribution in [0.3, 0.4) is 0 Å². The number of nitrogens with zero attached hydrogens (tertiary/aromatic N) is 2. The highest BCUT2D eigenvalue weighted by atomic mass is 15.3. The second-order valence-corrected chi connectivity index (χ2v) is 4.40. The van der Waals surface area contributed by atoms with Gasteiger partial charge in [0.1, 0.15) is 0 Å². The third-order valence-corrected chi connectivity index (χ3v) is 3.24. The van der Waals surface area contributed by atoms with Crippen LogP contribution >= 0.6 is 0 Å². The van der Waals surface area contributed by atoms with Crippen molar-refractivity contribution in [3.8, 4) is 0 Å². The van der Waals surface area contributed by atoms with Crippen LogP contribution in [-0.2, 0) is 0 Å². The van der Waals surface area contributed by atoms with Gasteiger partial charge in [0.15, 0.2) is 0 Å². The zero-order valence-corrected chi connectivity index (χ0v) is 8.63. The largest absolute Gasteiger partial charge is 0.313 e. The quantitative estimate of drug-likeness (QED) is 0.649. The van der Waals surface area contributed by atoms with Crippen molar-refractivity contribution in [1.29, 1.82) is 0 Å². The molecule has 3 nitrogen and oxygen atoms in total. The van der Waals surface area contributed by atoms with E-state index in [1.165, 1.54) is 52.1 Å². The lowest BCUT2D eigenvalue weighted by molar-refractivity contribution is 0.145. The highest BCUT2D eigenvalue weighted by Crippen LogP contribution is 2.08. The maximum Gasteiger partial charge on any atom is 0.0195 e. The van der Waals surface area contributed by atoms with Crippen LogP contribution in [0.1, 0.15) is 12.8 Å². The third kappa shape index (κ3) is 2.66. The predicted octanol–water partition coefficient (Wildman–Crippen LogP) is -0.0142. The van der Waals surface area contributed by atoms with Gasteiger partial charge in [-0.05, 0) is 26.4 Å². The lowest BCUT2D eigenvalue weighted by atomic mass is 10.2. The first kappa shape index (κ1) is 9.44. The lowest BCUT2D eigenvalue weighted by Crippen LogP contribution is -2.48. The summed E-state index contributed by atoms with van der Waals surface area (Å²) in [6, 6.07) is 0.781. The van der Waals surface area contributed by atoms with Crippen LogP contribution in [0.4, 0.5) is 0 Å². The molecule has 0 aromatic rings. The smallest absolute Gasteiger partial charge is 0.0195 e. The van der Waals surface area contributed by atoms with Crippen LogP contribution in [0.15, 0.2) is 0 Å². The van der Waals surface area contributed by atoms with Gasteiger partial charge in [-0.1, -0.05) is 0 Å². The molecule has 1 atom stereocenters. The fraction of sp³-hybridized carbons (Fsp3) is 1.00. The molecule has 0 bridgehead atoms. The first-order chi connectivity index (χ1) is 6.34. The molecule has 76 valence electrons. The van der Waals surface area contributed by atoms with Crippen LogP contribution < -0.4 is 5.32 Å². The molecule has 0 aromatic heterocycles. The molecule has 0 aliphatic carbocycles. The van der Waals surface area contributed by atoms with E-state index in [-0.39, 0.29) is 0 Å². The molecule has 2 aliphatic heterocycles. The zero-order valence-electron chi connectivity index (χ0n) is 8.63. The van der Waals surface area contributed by atoms with Gasteiger partial charge in [-0.2, -0.15) is 0 Å². The van der Waals surface area contributed by atoms with Crippen molar-refractivity contribution in [2.75, 3.05) is 46.3 Å². The van der Waals surface area contributed by atoms with Crippen LogP contribution in [-0.4, -0.2) is 62.2 Å². The molecule has 0 amide bonds. The number of hydrogen-bond donors (Lipinski definition) is 1. The van der Waals surface area contributed by atoms with E-state index in [0.717, 1.165) is 6.04 Å². The van der Waals surface area contributed by atoms with Gasteiger partial charge in [0.2, 0.25) is 0 Å². The van der Waals surface area contributed by atoms with Gasteiger partial charge < -0.3 is 10.2 Å². The van der Waals surface area contributed by atoms with Crippen LogP contribution in [0.5, 0.6) is 0 Å². The van der Waals surface area contributed by atoms with Crippen molar-refractivity contribution in [2.24, 2.45) is 0 Å². The van der Waals surface area contributed by atoms with E-state index in [1.54, 1.807) is 0 Å². The summed E-state index contributed by atoms with van der Waals surface area (Å²) in [5, 5.41) is 3.56. The topological polar surface area (TPSA) is 18.5 Å². The molecular weight excluding hydrogens is 162 g/mol. The van der Waals surface area contributed by atoms with E-state index in [9.17, 15) is 0 Å². The minimum absolute atomic E-state index is 0.781. The Morgan fingerprint density at radius 3 is 2.62 bits per heavy atom. The summed E-state index contributed by atoms with van der Waals surface area (Å²) in [6.45, 7) is 7.51. The van der Waals surface area contributed by atoms with Gasteiger partial charge >= 0.3 is 0 Å². The molecule has 0 saturated carbocycles. The Kier molecular flexibility index (Phi) is 3.19. The van der Waals surface area contributed by atoms with Gasteiger partial charge in [-0.15, -0.1) is 0 Å². The van der Waals surface area contributed by atoms with Gasteiger partial charge in [0.25, 0.3) is 0 Å². The summed E-state index contributed by atoms with van der Waals surface area (Å²) in [5.74, 6) is 0. The average molecular weight is 183 g/mol. The van der Waals surface area contributed by atoms with Crippen LogP contribution in [0.2, 0.25) is 0 Å². The van der Waals surface area contributed by atoms with E-state index >= 15 is 0 Å². The zero-order chi connectivity index (χ0) is 9.10. The minimum Gasteiger partial charge on any atom is -0.313 e. The van der Waals surface area contributed by atoms with E-state index in [0.29, 0.717) is 0 Å². The monoisotopic (exact) mass is 183 g/mol. The summed E-state index contributed by atoms with van der Waals surface area (Å²) in [4.78, 5) is 5.02. The van der Waals surface area contributed by atoms with Crippen molar-refractivity contribution >= 4 is 0 Å². The number of nitrogens with one attached hydrogen (secondary N) is 1. The Morgan fingerprint density at radius 2 is 2.00 bits per heavy atom. The van der Waals surface area contributed by atoms with Crippen LogP contribution in [0, 0.1) is 0 Å². The molecule has 2 rings (SSSR count). The van der Waals surface area contributed by atoms with E-state index in [2.05, 4.69) is 22.2 Å². The highest BCUT2D eigenvalue weighted by molar-refractivity contribution is 4.80. The van der Waals surface area contributed by atoms with Gasteiger partial charge in [0, 0.05) is 38.8 Å². The summed E-state index contributed by atoms with van der Waals surface area (Å²) in [7, 11) is 2.21. The van der Waals surface area contributed by atoms with Crippen molar-refractivity contribution in [2.45, 2.75) is 18.9 Å². The number of rotatable bonds is 2. The predicted molar refractivity (Wildman–Crippen MR) is 55.0 cm³/mol. The maximum atomic E-state index is 3.56. The molecule has 0 spiro atoms. The van der Waals surface area contributed by atoms with Crippen molar-refractivity contribution in [1.82, 2.24) is 15.1 Å². The minimum atomic E-state index is 0.781. The van der Waals surface area contributed by atoms with E-state index < -0.39 is 0 Å². The van der Waals surface area contributed by atoms with Gasteiger partial charge in [0.05, 0.1) is 0 Å². The molecular formula is C10H21N3. The molecule has 0 unspecified atom stereocenters. The normalized spacial score (nSPS) is 32.5. The molecule has 2 fully saturated rings. The molecule has 0 radical (unpaired) electrons. The number of likely N-dealkylation sites (N-methyl/N-ethyl adjacent to an activating group) is 1. The number of hydrogen-bond acceptors (Lipinski definition) is 3. The van der Waals surface area contributed by atoms with E-state index in [1.807, 2.05) is 0 Å². The maximum absolute atomic E-state index is 3.56. The second kappa shape index (κ2) is 4.40. The number of piperazine rings is 1. The fourth-order valence-corrected chi connectivity index (χ4v) is 2.25. The molecule has 2 saturated heterocycles. The molecule has 3 heteroatoms. The fourth-order valence-electron chi connectivity index (χ4n) is 2.25. The summed E-state index contributed by atoms with van der Waals surface area (Å²) in [5.41, 5.74) is 0. The van der Waals surface area contributed by atoms with Crippen molar-refractivity contribution < 1.29 is 0 Å². The first-order valence-corrected chi connectivity index (χ1v) is 5.49. The highest BCUT2D eigenvalue weighted by Gasteiger charge is 2.20. The van der Waals surface area contributed by atoms with Crippen molar-refractivity contribution in [3.05, 3.63) is 0 Å². The summed E-state index contributed by atoms with van der Waals surface area (Å²) < 4.78 is 0. The van der Waals surface area contributed by atoms with Gasteiger partial charge in [-0.3, -0.25) is 4.90 Å². The SMILES string of the molecule is CN1CCN(C[C@@H]2CCCN2)CC1. The van der Waals surface area contributed by atoms with E-state index in [4.69, 9.17) is 0 Å². The Balaban J connectivity index is 1.69. The molecule has 2 aliphatic rings. The van der Waals surface area contributed by atoms with Crippen molar-refractivity contribution in [3.63, 3.8) is 0 Å². The second-order valence-electron chi connectivity index (χ2n) is 4.40. The Hall–Kier alpha value is -0.120. The van der Waals surface area contributed by atoms with Crippen LogP contribution in [0.25, 0.3) is 0 Å². The lowest BCUT2D eigenvalue weighted by Gasteiger charge is -2.33. The Morgan fingerprint density at radius 1 is 1.23 bits per heavy atom. The molecule has 1 N–H and O–H groups in total. The summed E-state index contributed by atoms with van der Waals surface area (Å²) >= 11 is 0. The average Bonchev–Trinajstić information content (AvgIpc) is 2.62. The third-order valence-electron chi connectivity index (χ3n) is 3.24. The standard InChI is InChI=1S/C10H21N3/c1-12-5-7-13(8-6-12)9-10-3-2-4-11-10/h10-11H,2-9H2,1H3/t10-/m0/s1. The summed E-state index contributed by atoms with van der Waals surface area (Å²) in [6.07, 6.45) is 2.75. The van der Waals surface area contributed by atoms with Gasteiger partial charge in [-0.25, -0.2) is 0 Å². The molecule has 2 heterocycles. The molecule has 13 heavy (non-hydrogen) atoms. The Bertz CT molecular complexity index is 146. The first-order valence-electron chi connectivity index (χ1n) is 5.49.